The Hall–Kier alpha value is -1.32. The van der Waals surface area contributed by atoms with E-state index in [2.05, 4.69) is 5.10 Å². The molecule has 72 valence electrons. The zero-order chi connectivity index (χ0) is 9.84. The molecule has 1 rings (SSSR count). The maximum Gasteiger partial charge on any atom is 0.148 e. The standard InChI is InChI=1S/C9H16N4/c1-4-13(5-2)9(10)8-6-7-12(3)11-8/h6-7,10H,4-5H2,1-3H3. The molecule has 0 spiro atoms. The van der Waals surface area contributed by atoms with E-state index in [0.29, 0.717) is 5.84 Å². The Labute approximate surface area is 78.7 Å². The minimum Gasteiger partial charge on any atom is -0.356 e. The van der Waals surface area contributed by atoms with Crippen molar-refractivity contribution in [3.05, 3.63) is 18.0 Å². The normalized spacial score (nSPS) is 10.1. The van der Waals surface area contributed by atoms with Crippen LogP contribution in [0.4, 0.5) is 0 Å². The van der Waals surface area contributed by atoms with Crippen LogP contribution in [0.15, 0.2) is 12.3 Å². The van der Waals surface area contributed by atoms with Gasteiger partial charge in [-0.05, 0) is 19.9 Å². The summed E-state index contributed by atoms with van der Waals surface area (Å²) in [6, 6.07) is 1.86. The highest BCUT2D eigenvalue weighted by Gasteiger charge is 2.09. The van der Waals surface area contributed by atoms with Crippen LogP contribution in [0.5, 0.6) is 0 Å². The van der Waals surface area contributed by atoms with Crippen molar-refractivity contribution in [3.8, 4) is 0 Å². The first kappa shape index (κ1) is 9.77. The molecule has 1 N–H and O–H groups in total. The Balaban J connectivity index is 2.78. The van der Waals surface area contributed by atoms with Crippen molar-refractivity contribution < 1.29 is 0 Å². The Morgan fingerprint density at radius 2 is 2.15 bits per heavy atom. The number of hydrogen-bond acceptors (Lipinski definition) is 2. The van der Waals surface area contributed by atoms with Gasteiger partial charge < -0.3 is 4.90 Å². The molecule has 0 unspecified atom stereocenters. The van der Waals surface area contributed by atoms with Crippen molar-refractivity contribution in [2.75, 3.05) is 13.1 Å². The predicted molar refractivity (Wildman–Crippen MR) is 53.0 cm³/mol. The number of hydrogen-bond donors (Lipinski definition) is 1. The summed E-state index contributed by atoms with van der Waals surface area (Å²) < 4.78 is 1.72. The molecule has 0 amide bonds. The second-order valence-electron chi connectivity index (χ2n) is 2.90. The molecule has 0 saturated carbocycles. The molecule has 0 atom stereocenters. The van der Waals surface area contributed by atoms with Crippen molar-refractivity contribution in [3.63, 3.8) is 0 Å². The Morgan fingerprint density at radius 3 is 2.54 bits per heavy atom. The van der Waals surface area contributed by atoms with E-state index in [0.717, 1.165) is 18.8 Å². The van der Waals surface area contributed by atoms with Gasteiger partial charge in [-0.25, -0.2) is 0 Å². The van der Waals surface area contributed by atoms with Crippen molar-refractivity contribution in [2.45, 2.75) is 13.8 Å². The second-order valence-corrected chi connectivity index (χ2v) is 2.90. The van der Waals surface area contributed by atoms with Gasteiger partial charge in [0, 0.05) is 26.3 Å². The molecule has 0 saturated heterocycles. The third-order valence-electron chi connectivity index (χ3n) is 2.04. The number of rotatable bonds is 3. The van der Waals surface area contributed by atoms with E-state index in [4.69, 9.17) is 5.41 Å². The summed E-state index contributed by atoms with van der Waals surface area (Å²) in [5.41, 5.74) is 0.742. The lowest BCUT2D eigenvalue weighted by Crippen LogP contribution is -2.30. The first-order chi connectivity index (χ1) is 6.19. The van der Waals surface area contributed by atoms with Crippen LogP contribution in [0.1, 0.15) is 19.5 Å². The highest BCUT2D eigenvalue weighted by Crippen LogP contribution is 2.00. The molecule has 4 nitrogen and oxygen atoms in total. The third-order valence-corrected chi connectivity index (χ3v) is 2.04. The summed E-state index contributed by atoms with van der Waals surface area (Å²) in [7, 11) is 1.86. The molecule has 4 heteroatoms. The van der Waals surface area contributed by atoms with Gasteiger partial charge in [-0.15, -0.1) is 0 Å². The zero-order valence-corrected chi connectivity index (χ0v) is 8.41. The molecule has 0 radical (unpaired) electrons. The SMILES string of the molecule is CCN(CC)C(=N)c1ccn(C)n1. The summed E-state index contributed by atoms with van der Waals surface area (Å²) >= 11 is 0. The van der Waals surface area contributed by atoms with E-state index in [1.807, 2.05) is 38.1 Å². The lowest BCUT2D eigenvalue weighted by atomic mass is 10.3. The second kappa shape index (κ2) is 4.07. The van der Waals surface area contributed by atoms with Gasteiger partial charge >= 0.3 is 0 Å². The Kier molecular flexibility index (Phi) is 3.06. The van der Waals surface area contributed by atoms with Gasteiger partial charge in [0.25, 0.3) is 0 Å². The van der Waals surface area contributed by atoms with Crippen LogP contribution in [0.25, 0.3) is 0 Å². The van der Waals surface area contributed by atoms with E-state index in [1.165, 1.54) is 0 Å². The topological polar surface area (TPSA) is 44.9 Å². The summed E-state index contributed by atoms with van der Waals surface area (Å²) in [5.74, 6) is 0.505. The van der Waals surface area contributed by atoms with Crippen LogP contribution in [0.3, 0.4) is 0 Å². The van der Waals surface area contributed by atoms with Gasteiger partial charge in [0.2, 0.25) is 0 Å². The van der Waals surface area contributed by atoms with Crippen molar-refractivity contribution in [1.29, 1.82) is 5.41 Å². The number of nitrogens with one attached hydrogen (secondary N) is 1. The largest absolute Gasteiger partial charge is 0.356 e. The zero-order valence-electron chi connectivity index (χ0n) is 8.41. The van der Waals surface area contributed by atoms with Crippen molar-refractivity contribution in [1.82, 2.24) is 14.7 Å². The number of amidine groups is 1. The molecule has 0 aliphatic heterocycles. The van der Waals surface area contributed by atoms with Gasteiger partial charge in [-0.3, -0.25) is 10.1 Å². The fraction of sp³-hybridized carbons (Fsp3) is 0.556. The third kappa shape index (κ3) is 2.08. The average Bonchev–Trinajstić information content (AvgIpc) is 2.54. The number of aromatic nitrogens is 2. The van der Waals surface area contributed by atoms with E-state index in [1.54, 1.807) is 4.68 Å². The highest BCUT2D eigenvalue weighted by molar-refractivity contribution is 5.94. The molecule has 0 fully saturated rings. The van der Waals surface area contributed by atoms with Crippen LogP contribution in [0, 0.1) is 5.41 Å². The lowest BCUT2D eigenvalue weighted by Gasteiger charge is -2.19. The molecule has 1 aromatic rings. The smallest absolute Gasteiger partial charge is 0.148 e. The highest BCUT2D eigenvalue weighted by atomic mass is 15.3. The maximum atomic E-state index is 7.85. The maximum absolute atomic E-state index is 7.85. The lowest BCUT2D eigenvalue weighted by molar-refractivity contribution is 0.462. The fourth-order valence-corrected chi connectivity index (χ4v) is 1.24. The first-order valence-electron chi connectivity index (χ1n) is 4.52. The van der Waals surface area contributed by atoms with E-state index in [-0.39, 0.29) is 0 Å². The molecule has 1 heterocycles. The predicted octanol–water partition coefficient (Wildman–Crippen LogP) is 1.09. The Morgan fingerprint density at radius 1 is 1.54 bits per heavy atom. The molecular formula is C9H16N4. The number of nitrogens with zero attached hydrogens (tertiary/aromatic N) is 3. The average molecular weight is 180 g/mol. The fourth-order valence-electron chi connectivity index (χ4n) is 1.24. The molecular weight excluding hydrogens is 164 g/mol. The summed E-state index contributed by atoms with van der Waals surface area (Å²) in [6.45, 7) is 5.79. The first-order valence-corrected chi connectivity index (χ1v) is 4.52. The summed E-state index contributed by atoms with van der Waals surface area (Å²) in [4.78, 5) is 1.97. The summed E-state index contributed by atoms with van der Waals surface area (Å²) in [5, 5.41) is 12.0. The van der Waals surface area contributed by atoms with Gasteiger partial charge in [0.15, 0.2) is 0 Å². The van der Waals surface area contributed by atoms with E-state index >= 15 is 0 Å². The minimum absolute atomic E-state index is 0.505. The van der Waals surface area contributed by atoms with Crippen LogP contribution < -0.4 is 0 Å². The van der Waals surface area contributed by atoms with Crippen molar-refractivity contribution in [2.24, 2.45) is 7.05 Å². The molecule has 0 bridgehead atoms. The molecule has 13 heavy (non-hydrogen) atoms. The minimum atomic E-state index is 0.505. The van der Waals surface area contributed by atoms with Crippen LogP contribution in [-0.4, -0.2) is 33.6 Å². The van der Waals surface area contributed by atoms with Crippen LogP contribution in [-0.2, 0) is 7.05 Å². The van der Waals surface area contributed by atoms with Crippen LogP contribution >= 0.6 is 0 Å². The van der Waals surface area contributed by atoms with E-state index in [9.17, 15) is 0 Å². The molecule has 0 aliphatic rings. The van der Waals surface area contributed by atoms with Gasteiger partial charge in [-0.2, -0.15) is 5.10 Å². The number of aryl methyl sites for hydroxylation is 1. The van der Waals surface area contributed by atoms with Gasteiger partial charge in [-0.1, -0.05) is 0 Å². The molecule has 1 aromatic heterocycles. The monoisotopic (exact) mass is 180 g/mol. The molecule has 0 aliphatic carbocycles. The quantitative estimate of drug-likeness (QED) is 0.559. The molecule has 0 aromatic carbocycles. The van der Waals surface area contributed by atoms with E-state index < -0.39 is 0 Å². The van der Waals surface area contributed by atoms with Gasteiger partial charge in [0.1, 0.15) is 11.5 Å². The van der Waals surface area contributed by atoms with Crippen molar-refractivity contribution >= 4 is 5.84 Å². The van der Waals surface area contributed by atoms with Crippen LogP contribution in [0.2, 0.25) is 0 Å². The Bertz CT molecular complexity index is 286. The van der Waals surface area contributed by atoms with Gasteiger partial charge in [0.05, 0.1) is 0 Å². The summed E-state index contributed by atoms with van der Waals surface area (Å²) in [6.07, 6.45) is 1.85.